The molecule has 1 aliphatic carbocycles. The van der Waals surface area contributed by atoms with Gasteiger partial charge in [-0.3, -0.25) is 4.79 Å². The van der Waals surface area contributed by atoms with Crippen molar-refractivity contribution in [2.24, 2.45) is 23.7 Å². The monoisotopic (exact) mass is 478 g/mol. The van der Waals surface area contributed by atoms with E-state index in [2.05, 4.69) is 13.8 Å². The van der Waals surface area contributed by atoms with E-state index in [1.165, 1.54) is 19.2 Å². The van der Waals surface area contributed by atoms with E-state index in [1.54, 1.807) is 12.1 Å². The number of rotatable bonds is 6. The van der Waals surface area contributed by atoms with E-state index in [4.69, 9.17) is 28.7 Å². The van der Waals surface area contributed by atoms with E-state index in [0.29, 0.717) is 12.3 Å². The maximum Gasteiger partial charge on any atom is 0.305 e. The highest BCUT2D eigenvalue weighted by Gasteiger charge is 2.69. The Morgan fingerprint density at radius 2 is 1.91 bits per heavy atom. The van der Waals surface area contributed by atoms with Crippen LogP contribution in [0.5, 0.6) is 0 Å². The van der Waals surface area contributed by atoms with Crippen molar-refractivity contribution in [3.63, 3.8) is 0 Å². The number of esters is 1. The number of carbonyl (C=O) groups excluding carboxylic acids is 1. The smallest absolute Gasteiger partial charge is 0.305 e. The Balaban J connectivity index is 1.42. The van der Waals surface area contributed by atoms with Crippen LogP contribution < -0.4 is 0 Å². The average Bonchev–Trinajstić information content (AvgIpc) is 3.06. The molecule has 188 valence electrons. The van der Waals surface area contributed by atoms with Gasteiger partial charge in [0.25, 0.3) is 0 Å². The molecule has 1 spiro atoms. The summed E-state index contributed by atoms with van der Waals surface area (Å²) < 4.78 is 37.9. The van der Waals surface area contributed by atoms with Crippen LogP contribution in [-0.2, 0) is 33.5 Å². The van der Waals surface area contributed by atoms with E-state index in [-0.39, 0.29) is 36.0 Å². The van der Waals surface area contributed by atoms with Crippen LogP contribution in [-0.4, -0.2) is 37.0 Å². The summed E-state index contributed by atoms with van der Waals surface area (Å²) in [5, 5.41) is 0. The third-order valence-electron chi connectivity index (χ3n) is 8.48. The molecule has 9 atom stereocenters. The Morgan fingerprint density at radius 1 is 1.15 bits per heavy atom. The molecule has 0 aromatic heterocycles. The maximum absolute atomic E-state index is 13.6. The van der Waals surface area contributed by atoms with E-state index < -0.39 is 30.1 Å². The molecule has 4 saturated heterocycles. The molecule has 0 amide bonds. The second-order valence-corrected chi connectivity index (χ2v) is 10.6. The molecule has 5 fully saturated rings. The fourth-order valence-electron chi connectivity index (χ4n) is 6.53. The van der Waals surface area contributed by atoms with Gasteiger partial charge in [-0.25, -0.2) is 14.2 Å². The highest BCUT2D eigenvalue weighted by atomic mass is 19.1. The molecule has 6 rings (SSSR count). The number of halogens is 1. The number of hydrogen-bond donors (Lipinski definition) is 0. The molecule has 4 heterocycles. The first-order chi connectivity index (χ1) is 16.3. The first-order valence-corrected chi connectivity index (χ1v) is 12.4. The van der Waals surface area contributed by atoms with Crippen molar-refractivity contribution in [2.45, 2.75) is 89.4 Å². The quantitative estimate of drug-likeness (QED) is 0.419. The molecule has 5 aliphatic rings. The molecule has 8 heteroatoms. The first-order valence-electron chi connectivity index (χ1n) is 12.4. The van der Waals surface area contributed by atoms with Crippen LogP contribution in [0.1, 0.15) is 71.0 Å². The second kappa shape index (κ2) is 9.13. The van der Waals surface area contributed by atoms with Gasteiger partial charge < -0.3 is 18.9 Å². The molecule has 2 bridgehead atoms. The summed E-state index contributed by atoms with van der Waals surface area (Å²) >= 11 is 0. The van der Waals surface area contributed by atoms with Crippen LogP contribution >= 0.6 is 0 Å². The second-order valence-electron chi connectivity index (χ2n) is 10.6. The molecule has 1 aromatic carbocycles. The highest BCUT2D eigenvalue weighted by Crippen LogP contribution is 2.60. The van der Waals surface area contributed by atoms with Gasteiger partial charge in [0.15, 0.2) is 18.2 Å². The minimum absolute atomic E-state index is 0.00183. The average molecular weight is 479 g/mol. The highest BCUT2D eigenvalue weighted by molar-refractivity contribution is 5.69. The van der Waals surface area contributed by atoms with Gasteiger partial charge in [0.2, 0.25) is 5.79 Å². The molecule has 34 heavy (non-hydrogen) atoms. The Hall–Kier alpha value is -1.58. The predicted octanol–water partition coefficient (Wildman–Crippen LogP) is 5.04. The van der Waals surface area contributed by atoms with Gasteiger partial charge in [-0.1, -0.05) is 26.0 Å². The zero-order chi connectivity index (χ0) is 24.1. The van der Waals surface area contributed by atoms with Crippen molar-refractivity contribution >= 4 is 5.97 Å². The van der Waals surface area contributed by atoms with Gasteiger partial charge in [0.05, 0.1) is 13.2 Å². The fourth-order valence-corrected chi connectivity index (χ4v) is 6.53. The van der Waals surface area contributed by atoms with Crippen LogP contribution in [0.25, 0.3) is 0 Å². The molecular formula is C26H35FO7. The van der Waals surface area contributed by atoms with Crippen LogP contribution in [0.2, 0.25) is 0 Å². The van der Waals surface area contributed by atoms with Crippen LogP contribution in [0.4, 0.5) is 4.39 Å². The van der Waals surface area contributed by atoms with Crippen LogP contribution in [0, 0.1) is 29.5 Å². The standard InChI is InChI=1S/C26H35FO7/c1-15-5-10-20-16(2)23(31-24-26(20)19(15)13-14-25(3,32-24)33-34-26)30-21(11-12-22(28)29-4)17-6-8-18(27)9-7-17/h6-9,15-16,19-21,23-24H,5,10-14H2,1-4H3/t15-,16-,19+,20+,21-,23+,24-,25-,26-/m1/s1. The lowest BCUT2D eigenvalue weighted by Gasteiger charge is -2.60. The maximum atomic E-state index is 13.6. The summed E-state index contributed by atoms with van der Waals surface area (Å²) in [5.74, 6) is -0.613. The van der Waals surface area contributed by atoms with Crippen molar-refractivity contribution in [1.29, 1.82) is 0 Å². The van der Waals surface area contributed by atoms with Crippen molar-refractivity contribution in [2.75, 3.05) is 7.11 Å². The predicted molar refractivity (Wildman–Crippen MR) is 118 cm³/mol. The number of ether oxygens (including phenoxy) is 4. The fraction of sp³-hybridized carbons (Fsp3) is 0.731. The topological polar surface area (TPSA) is 72.5 Å². The van der Waals surface area contributed by atoms with E-state index in [0.717, 1.165) is 31.2 Å². The Morgan fingerprint density at radius 3 is 2.65 bits per heavy atom. The molecule has 1 saturated carbocycles. The lowest BCUT2D eigenvalue weighted by molar-refractivity contribution is -0.578. The first kappa shape index (κ1) is 24.1. The molecule has 7 nitrogen and oxygen atoms in total. The zero-order valence-electron chi connectivity index (χ0n) is 20.3. The third-order valence-corrected chi connectivity index (χ3v) is 8.48. The summed E-state index contributed by atoms with van der Waals surface area (Å²) in [6.45, 7) is 6.30. The molecule has 0 unspecified atom stereocenters. The normalized spacial score (nSPS) is 41.9. The third kappa shape index (κ3) is 4.07. The van der Waals surface area contributed by atoms with Gasteiger partial charge in [-0.2, -0.15) is 0 Å². The Labute approximate surface area is 200 Å². The van der Waals surface area contributed by atoms with Crippen LogP contribution in [0.3, 0.4) is 0 Å². The Kier molecular flexibility index (Phi) is 6.48. The van der Waals surface area contributed by atoms with Crippen LogP contribution in [0.15, 0.2) is 24.3 Å². The number of benzene rings is 1. The van der Waals surface area contributed by atoms with Gasteiger partial charge in [-0.15, -0.1) is 0 Å². The summed E-state index contributed by atoms with van der Waals surface area (Å²) in [4.78, 5) is 23.9. The molecule has 0 radical (unpaired) electrons. The largest absolute Gasteiger partial charge is 0.469 e. The van der Waals surface area contributed by atoms with Gasteiger partial charge >= 0.3 is 5.97 Å². The SMILES string of the molecule is COC(=O)CC[C@@H](O[C@H]1O[C@@H]2O[C@@]3(C)CC[C@H]4[C@H](C)CC[C@@H]([C@H]1C)[C@@]24OO3)c1ccc(F)cc1. The molecular weight excluding hydrogens is 443 g/mol. The Bertz CT molecular complexity index is 894. The zero-order valence-corrected chi connectivity index (χ0v) is 20.3. The number of carbonyl (C=O) groups is 1. The lowest BCUT2D eigenvalue weighted by Crippen LogP contribution is -2.70. The summed E-state index contributed by atoms with van der Waals surface area (Å²) in [7, 11) is 1.36. The van der Waals surface area contributed by atoms with E-state index >= 15 is 0 Å². The van der Waals surface area contributed by atoms with Crippen molar-refractivity contribution in [3.05, 3.63) is 35.6 Å². The summed E-state index contributed by atoms with van der Waals surface area (Å²) in [6.07, 6.45) is 2.70. The number of hydrogen-bond acceptors (Lipinski definition) is 7. The van der Waals surface area contributed by atoms with Gasteiger partial charge in [0, 0.05) is 24.7 Å². The summed E-state index contributed by atoms with van der Waals surface area (Å²) in [6, 6.07) is 6.17. The number of methoxy groups -OCH3 is 1. The van der Waals surface area contributed by atoms with Crippen molar-refractivity contribution in [1.82, 2.24) is 0 Å². The van der Waals surface area contributed by atoms with Crippen molar-refractivity contribution in [3.8, 4) is 0 Å². The van der Waals surface area contributed by atoms with Gasteiger partial charge in [0.1, 0.15) is 5.82 Å². The molecule has 1 aromatic rings. The van der Waals surface area contributed by atoms with E-state index in [1.807, 2.05) is 6.92 Å². The number of fused-ring (bicyclic) bond motifs is 2. The van der Waals surface area contributed by atoms with E-state index in [9.17, 15) is 9.18 Å². The molecule has 0 N–H and O–H groups in total. The minimum atomic E-state index is -0.857. The summed E-state index contributed by atoms with van der Waals surface area (Å²) in [5.41, 5.74) is 0.121. The van der Waals surface area contributed by atoms with Gasteiger partial charge in [-0.05, 0) is 62.1 Å². The minimum Gasteiger partial charge on any atom is -0.469 e. The van der Waals surface area contributed by atoms with Crippen molar-refractivity contribution < 1.29 is 37.9 Å². The molecule has 4 aliphatic heterocycles. The lowest BCUT2D eigenvalue weighted by atomic mass is 9.58.